The van der Waals surface area contributed by atoms with Gasteiger partial charge in [-0.15, -0.1) is 0 Å². The number of aromatic nitrogens is 3. The number of rotatable bonds is 5. The summed E-state index contributed by atoms with van der Waals surface area (Å²) in [5.74, 6) is 9.34. The van der Waals surface area contributed by atoms with E-state index in [4.69, 9.17) is 10.5 Å². The molecule has 0 unspecified atom stereocenters. The molecule has 8 heteroatoms. The van der Waals surface area contributed by atoms with Crippen LogP contribution >= 0.6 is 0 Å². The van der Waals surface area contributed by atoms with Crippen LogP contribution in [0.5, 0.6) is 5.75 Å². The minimum atomic E-state index is 0.0898. The molecule has 0 spiro atoms. The predicted molar refractivity (Wildman–Crippen MR) is 137 cm³/mol. The Kier molecular flexibility index (Phi) is 5.95. The number of methoxy groups -OCH3 is 1. The molecule has 2 aromatic heterocycles. The fourth-order valence-electron chi connectivity index (χ4n) is 5.08. The number of fused-ring (bicyclic) bond motifs is 2. The monoisotopic (exact) mass is 470 g/mol. The Bertz CT molecular complexity index is 1370. The van der Waals surface area contributed by atoms with Crippen LogP contribution in [0.1, 0.15) is 5.69 Å². The summed E-state index contributed by atoms with van der Waals surface area (Å²) in [7, 11) is 7.58. The van der Waals surface area contributed by atoms with Crippen molar-refractivity contribution in [2.75, 3.05) is 46.6 Å². The maximum Gasteiger partial charge on any atom is 0.246 e. The first-order valence-corrected chi connectivity index (χ1v) is 11.7. The molecule has 35 heavy (non-hydrogen) atoms. The van der Waals surface area contributed by atoms with E-state index in [0.29, 0.717) is 17.7 Å². The fourth-order valence-corrected chi connectivity index (χ4v) is 5.08. The maximum atomic E-state index is 12.5. The van der Waals surface area contributed by atoms with Gasteiger partial charge in [0.2, 0.25) is 5.91 Å². The third-order valence-electron chi connectivity index (χ3n) is 6.97. The van der Waals surface area contributed by atoms with E-state index in [1.54, 1.807) is 13.2 Å². The Morgan fingerprint density at radius 1 is 1.26 bits per heavy atom. The highest BCUT2D eigenvalue weighted by Crippen LogP contribution is 2.51. The first kappa shape index (κ1) is 22.9. The Labute approximate surface area is 205 Å². The van der Waals surface area contributed by atoms with Gasteiger partial charge in [-0.2, -0.15) is 0 Å². The number of ether oxygens (including phenoxy) is 1. The van der Waals surface area contributed by atoms with Crippen LogP contribution in [0.2, 0.25) is 0 Å². The summed E-state index contributed by atoms with van der Waals surface area (Å²) in [4.78, 5) is 25.1. The number of para-hydroxylation sites is 1. The molecule has 1 aliphatic heterocycles. The highest BCUT2D eigenvalue weighted by molar-refractivity contribution is 6.04. The number of anilines is 1. The highest BCUT2D eigenvalue weighted by atomic mass is 16.5. The number of benzene rings is 1. The summed E-state index contributed by atoms with van der Waals surface area (Å²) < 4.78 is 7.62. The first-order valence-electron chi connectivity index (χ1n) is 11.7. The molecular formula is C27H30N6O2. The van der Waals surface area contributed by atoms with Gasteiger partial charge in [0.15, 0.2) is 0 Å². The molecule has 2 fully saturated rings. The Hall–Kier alpha value is -3.83. The summed E-state index contributed by atoms with van der Waals surface area (Å²) in [6.07, 6.45) is 5.08. The zero-order valence-corrected chi connectivity index (χ0v) is 20.5. The molecular weight excluding hydrogens is 440 g/mol. The van der Waals surface area contributed by atoms with Crippen molar-refractivity contribution in [1.82, 2.24) is 24.3 Å². The van der Waals surface area contributed by atoms with Gasteiger partial charge in [0, 0.05) is 49.8 Å². The van der Waals surface area contributed by atoms with Gasteiger partial charge in [-0.1, -0.05) is 30.2 Å². The second kappa shape index (κ2) is 9.08. The van der Waals surface area contributed by atoms with Crippen LogP contribution in [-0.2, 0) is 11.8 Å². The van der Waals surface area contributed by atoms with Gasteiger partial charge in [-0.3, -0.25) is 4.79 Å². The Balaban J connectivity index is 1.43. The zero-order chi connectivity index (χ0) is 24.7. The molecule has 2 aliphatic rings. The first-order chi connectivity index (χ1) is 16.9. The summed E-state index contributed by atoms with van der Waals surface area (Å²) in [5.41, 5.74) is 9.67. The van der Waals surface area contributed by atoms with Crippen LogP contribution in [0.25, 0.3) is 22.2 Å². The van der Waals surface area contributed by atoms with Crippen molar-refractivity contribution in [2.24, 2.45) is 24.8 Å². The van der Waals surface area contributed by atoms with E-state index in [2.05, 4.69) is 21.8 Å². The van der Waals surface area contributed by atoms with E-state index in [9.17, 15) is 4.79 Å². The van der Waals surface area contributed by atoms with E-state index >= 15 is 0 Å². The number of nitrogens with two attached hydrogens (primary N) is 1. The standard InChI is InChI=1S/C27H30N6O2/c1-31(2)13-7-10-23(34)33-14-19-17(20(19)15-33)11-12-21-24(18-8-5-6-9-22(18)35-4)25-26(28)29-16-30-27(25)32(21)3/h5-10,16-17,19-20H,13-15H2,1-4H3,(H2,28,29,30)/b10-7+/t17-,19-,20+. The molecule has 1 amide bonds. The lowest BCUT2D eigenvalue weighted by molar-refractivity contribution is -0.125. The van der Waals surface area contributed by atoms with Gasteiger partial charge in [-0.25, -0.2) is 9.97 Å². The number of likely N-dealkylation sites (tertiary alicyclic amines) is 1. The number of nitrogens with zero attached hydrogens (tertiary/aromatic N) is 5. The van der Waals surface area contributed by atoms with E-state index < -0.39 is 0 Å². The van der Waals surface area contributed by atoms with Gasteiger partial charge in [-0.05, 0) is 37.9 Å². The van der Waals surface area contributed by atoms with Crippen LogP contribution < -0.4 is 10.5 Å². The van der Waals surface area contributed by atoms with Crippen LogP contribution in [-0.4, -0.2) is 71.1 Å². The number of carbonyl (C=O) groups is 1. The van der Waals surface area contributed by atoms with Gasteiger partial charge >= 0.3 is 0 Å². The zero-order valence-electron chi connectivity index (χ0n) is 20.5. The molecule has 0 radical (unpaired) electrons. The van der Waals surface area contributed by atoms with Gasteiger partial charge in [0.25, 0.3) is 0 Å². The quantitative estimate of drug-likeness (QED) is 0.455. The average molecular weight is 471 g/mol. The molecule has 5 rings (SSSR count). The lowest BCUT2D eigenvalue weighted by atomic mass is 10.0. The Morgan fingerprint density at radius 3 is 2.71 bits per heavy atom. The van der Waals surface area contributed by atoms with Gasteiger partial charge in [0.05, 0.1) is 12.5 Å². The van der Waals surface area contributed by atoms with E-state index in [0.717, 1.165) is 53.2 Å². The molecule has 3 aromatic rings. The molecule has 3 heterocycles. The largest absolute Gasteiger partial charge is 0.496 e. The summed E-state index contributed by atoms with van der Waals surface area (Å²) in [5, 5.41) is 0.779. The lowest BCUT2D eigenvalue weighted by Gasteiger charge is -2.16. The minimum Gasteiger partial charge on any atom is -0.496 e. The predicted octanol–water partition coefficient (Wildman–Crippen LogP) is 2.40. The molecule has 8 nitrogen and oxygen atoms in total. The van der Waals surface area contributed by atoms with Gasteiger partial charge < -0.3 is 24.8 Å². The molecule has 1 aromatic carbocycles. The second-order valence-corrected chi connectivity index (χ2v) is 9.47. The molecule has 1 aliphatic carbocycles. The normalized spacial score (nSPS) is 20.8. The number of amides is 1. The lowest BCUT2D eigenvalue weighted by Crippen LogP contribution is -2.30. The smallest absolute Gasteiger partial charge is 0.246 e. The summed E-state index contributed by atoms with van der Waals surface area (Å²) in [6.45, 7) is 2.29. The van der Waals surface area contributed by atoms with Crippen molar-refractivity contribution < 1.29 is 9.53 Å². The number of piperidine rings is 1. The van der Waals surface area contributed by atoms with Crippen LogP contribution in [0, 0.1) is 29.6 Å². The second-order valence-electron chi connectivity index (χ2n) is 9.47. The number of nitrogen functional groups attached to an aromatic ring is 1. The highest BCUT2D eigenvalue weighted by Gasteiger charge is 2.55. The average Bonchev–Trinajstić information content (AvgIpc) is 3.16. The van der Waals surface area contributed by atoms with Crippen molar-refractivity contribution in [3.8, 4) is 28.7 Å². The third kappa shape index (κ3) is 4.13. The van der Waals surface area contributed by atoms with Crippen molar-refractivity contribution in [1.29, 1.82) is 0 Å². The van der Waals surface area contributed by atoms with Crippen molar-refractivity contribution in [3.63, 3.8) is 0 Å². The fraction of sp³-hybridized carbons (Fsp3) is 0.370. The maximum absolute atomic E-state index is 12.5. The van der Waals surface area contributed by atoms with E-state index in [1.165, 1.54) is 6.33 Å². The van der Waals surface area contributed by atoms with Crippen molar-refractivity contribution in [3.05, 3.63) is 48.4 Å². The number of hydrogen-bond donors (Lipinski definition) is 1. The number of carbonyl (C=O) groups excluding carboxylic acids is 1. The van der Waals surface area contributed by atoms with Crippen LogP contribution in [0.4, 0.5) is 5.82 Å². The summed E-state index contributed by atoms with van der Waals surface area (Å²) in [6, 6.07) is 7.84. The molecule has 1 saturated heterocycles. The molecule has 180 valence electrons. The van der Waals surface area contributed by atoms with Crippen LogP contribution in [0.3, 0.4) is 0 Å². The molecule has 3 atom stereocenters. The van der Waals surface area contributed by atoms with Crippen molar-refractivity contribution >= 4 is 22.8 Å². The van der Waals surface area contributed by atoms with E-state index in [1.807, 2.05) is 65.9 Å². The molecule has 1 saturated carbocycles. The molecule has 0 bridgehead atoms. The minimum absolute atomic E-state index is 0.0898. The molecule has 2 N–H and O–H groups in total. The number of likely N-dealkylation sites (N-methyl/N-ethyl adjacent to an activating group) is 1. The topological polar surface area (TPSA) is 89.5 Å². The Morgan fingerprint density at radius 2 is 2.00 bits per heavy atom. The van der Waals surface area contributed by atoms with E-state index in [-0.39, 0.29) is 11.8 Å². The van der Waals surface area contributed by atoms with Crippen molar-refractivity contribution in [2.45, 2.75) is 0 Å². The number of aryl methyl sites for hydroxylation is 1. The van der Waals surface area contributed by atoms with Gasteiger partial charge in [0.1, 0.15) is 29.2 Å². The number of hydrogen-bond acceptors (Lipinski definition) is 6. The van der Waals surface area contributed by atoms with Crippen LogP contribution in [0.15, 0.2) is 42.7 Å². The SMILES string of the molecule is COc1ccccc1-c1c(C#C[C@@H]2[C@H]3CN(C(=O)/C=C/CN(C)C)C[C@@H]23)n(C)c2ncnc(N)c12. The summed E-state index contributed by atoms with van der Waals surface area (Å²) >= 11 is 0. The third-order valence-corrected chi connectivity index (χ3v) is 6.97.